The van der Waals surface area contributed by atoms with Crippen LogP contribution in [0.5, 0.6) is 0 Å². The van der Waals surface area contributed by atoms with Gasteiger partial charge < -0.3 is 10.2 Å². The molecule has 2 aromatic rings. The Bertz CT molecular complexity index is 645. The summed E-state index contributed by atoms with van der Waals surface area (Å²) in [5.41, 5.74) is 0.995. The molecule has 0 amide bonds. The van der Waals surface area contributed by atoms with Crippen molar-refractivity contribution in [1.29, 1.82) is 0 Å². The van der Waals surface area contributed by atoms with Crippen LogP contribution in [0.15, 0.2) is 12.5 Å². The molecule has 2 aromatic heterocycles. The molecule has 4 rings (SSSR count). The standard InChI is InChI=1S/C16H24N6/c1-12-3-2-8-21(10-12)15-14-9-20-22(16(14)19-11-18-15)13-4-6-17-7-5-13/h9,11-13,17H,2-8,10H2,1H3. The summed E-state index contributed by atoms with van der Waals surface area (Å²) in [5, 5.41) is 9.17. The highest BCUT2D eigenvalue weighted by atomic mass is 15.3. The Kier molecular flexibility index (Phi) is 3.70. The molecule has 1 atom stereocenters. The zero-order valence-corrected chi connectivity index (χ0v) is 13.2. The molecule has 0 spiro atoms. The molecule has 0 saturated carbocycles. The van der Waals surface area contributed by atoms with Gasteiger partial charge in [0.1, 0.15) is 12.1 Å². The van der Waals surface area contributed by atoms with Gasteiger partial charge in [-0.25, -0.2) is 14.6 Å². The van der Waals surface area contributed by atoms with Crippen molar-refractivity contribution in [3.63, 3.8) is 0 Å². The van der Waals surface area contributed by atoms with Crippen molar-refractivity contribution in [3.8, 4) is 0 Å². The molecule has 6 nitrogen and oxygen atoms in total. The number of nitrogens with zero attached hydrogens (tertiary/aromatic N) is 5. The van der Waals surface area contributed by atoms with Crippen LogP contribution < -0.4 is 10.2 Å². The second-order valence-corrected chi connectivity index (χ2v) is 6.70. The molecule has 118 valence electrons. The van der Waals surface area contributed by atoms with Gasteiger partial charge in [0.2, 0.25) is 0 Å². The van der Waals surface area contributed by atoms with E-state index >= 15 is 0 Å². The zero-order valence-electron chi connectivity index (χ0n) is 13.2. The Balaban J connectivity index is 1.70. The molecule has 0 radical (unpaired) electrons. The number of hydrogen-bond acceptors (Lipinski definition) is 5. The molecule has 0 bridgehead atoms. The van der Waals surface area contributed by atoms with Crippen LogP contribution in [0.2, 0.25) is 0 Å². The largest absolute Gasteiger partial charge is 0.356 e. The summed E-state index contributed by atoms with van der Waals surface area (Å²) in [6.45, 7) is 6.63. The summed E-state index contributed by atoms with van der Waals surface area (Å²) in [6.07, 6.45) is 8.48. The van der Waals surface area contributed by atoms with E-state index in [9.17, 15) is 0 Å². The minimum absolute atomic E-state index is 0.460. The van der Waals surface area contributed by atoms with E-state index in [1.807, 2.05) is 6.20 Å². The lowest BCUT2D eigenvalue weighted by atomic mass is 10.0. The summed E-state index contributed by atoms with van der Waals surface area (Å²) in [6, 6.07) is 0.460. The first kappa shape index (κ1) is 13.9. The van der Waals surface area contributed by atoms with Crippen LogP contribution in [0.1, 0.15) is 38.6 Å². The van der Waals surface area contributed by atoms with Crippen molar-refractivity contribution in [3.05, 3.63) is 12.5 Å². The van der Waals surface area contributed by atoms with E-state index < -0.39 is 0 Å². The number of fused-ring (bicyclic) bond motifs is 1. The topological polar surface area (TPSA) is 58.9 Å². The highest BCUT2D eigenvalue weighted by Crippen LogP contribution is 2.29. The van der Waals surface area contributed by atoms with Gasteiger partial charge in [-0.1, -0.05) is 6.92 Å². The monoisotopic (exact) mass is 300 g/mol. The highest BCUT2D eigenvalue weighted by Gasteiger charge is 2.23. The predicted molar refractivity (Wildman–Crippen MR) is 87.1 cm³/mol. The zero-order chi connectivity index (χ0) is 14.9. The molecule has 0 aromatic carbocycles. The minimum atomic E-state index is 0.460. The average Bonchev–Trinajstić information content (AvgIpc) is 2.99. The van der Waals surface area contributed by atoms with Crippen molar-refractivity contribution in [2.45, 2.75) is 38.6 Å². The molecule has 0 aliphatic carbocycles. The van der Waals surface area contributed by atoms with Crippen LogP contribution in [-0.2, 0) is 0 Å². The first-order valence-electron chi connectivity index (χ1n) is 8.47. The van der Waals surface area contributed by atoms with E-state index in [0.29, 0.717) is 6.04 Å². The molecule has 2 saturated heterocycles. The van der Waals surface area contributed by atoms with Gasteiger partial charge >= 0.3 is 0 Å². The van der Waals surface area contributed by atoms with Gasteiger partial charge in [0.25, 0.3) is 0 Å². The van der Waals surface area contributed by atoms with Crippen molar-refractivity contribution in [1.82, 2.24) is 25.1 Å². The Hall–Kier alpha value is -1.69. The Morgan fingerprint density at radius 3 is 2.86 bits per heavy atom. The lowest BCUT2D eigenvalue weighted by Gasteiger charge is -2.32. The molecule has 4 heterocycles. The number of nitrogens with one attached hydrogen (secondary N) is 1. The third kappa shape index (κ3) is 2.45. The molecule has 2 aliphatic heterocycles. The van der Waals surface area contributed by atoms with Crippen LogP contribution in [0.4, 0.5) is 5.82 Å². The first-order valence-corrected chi connectivity index (χ1v) is 8.47. The maximum Gasteiger partial charge on any atom is 0.163 e. The van der Waals surface area contributed by atoms with Gasteiger partial charge in [0.15, 0.2) is 5.65 Å². The summed E-state index contributed by atoms with van der Waals surface area (Å²) in [5.74, 6) is 1.80. The van der Waals surface area contributed by atoms with E-state index in [0.717, 1.165) is 61.8 Å². The van der Waals surface area contributed by atoms with Gasteiger partial charge in [-0.3, -0.25) is 0 Å². The normalized spacial score (nSPS) is 24.0. The SMILES string of the molecule is CC1CCCN(c2ncnc3c2cnn3C2CCNCC2)C1. The van der Waals surface area contributed by atoms with Gasteiger partial charge in [0, 0.05) is 13.1 Å². The predicted octanol–water partition coefficient (Wildman–Crippen LogP) is 1.99. The van der Waals surface area contributed by atoms with Crippen molar-refractivity contribution in [2.24, 2.45) is 5.92 Å². The molecule has 1 N–H and O–H groups in total. The van der Waals surface area contributed by atoms with Crippen LogP contribution in [0, 0.1) is 5.92 Å². The van der Waals surface area contributed by atoms with E-state index in [1.54, 1.807) is 6.33 Å². The van der Waals surface area contributed by atoms with E-state index in [2.05, 4.69) is 36.9 Å². The van der Waals surface area contributed by atoms with Crippen molar-refractivity contribution >= 4 is 16.9 Å². The van der Waals surface area contributed by atoms with Crippen LogP contribution >= 0.6 is 0 Å². The van der Waals surface area contributed by atoms with Gasteiger partial charge in [-0.05, 0) is 44.7 Å². The second kappa shape index (κ2) is 5.83. The maximum absolute atomic E-state index is 4.65. The molecular formula is C16H24N6. The fraction of sp³-hybridized carbons (Fsp3) is 0.688. The van der Waals surface area contributed by atoms with Crippen molar-refractivity contribution < 1.29 is 0 Å². The fourth-order valence-corrected chi connectivity index (χ4v) is 3.80. The second-order valence-electron chi connectivity index (χ2n) is 6.70. The molecule has 22 heavy (non-hydrogen) atoms. The summed E-state index contributed by atoms with van der Waals surface area (Å²) in [7, 11) is 0. The van der Waals surface area contributed by atoms with Gasteiger partial charge in [0.05, 0.1) is 17.6 Å². The Morgan fingerprint density at radius 2 is 2.05 bits per heavy atom. The minimum Gasteiger partial charge on any atom is -0.356 e. The molecular weight excluding hydrogens is 276 g/mol. The lowest BCUT2D eigenvalue weighted by molar-refractivity contribution is 0.349. The summed E-state index contributed by atoms with van der Waals surface area (Å²) >= 11 is 0. The van der Waals surface area contributed by atoms with Crippen LogP contribution in [0.25, 0.3) is 11.0 Å². The van der Waals surface area contributed by atoms with Crippen LogP contribution in [-0.4, -0.2) is 45.9 Å². The quantitative estimate of drug-likeness (QED) is 0.919. The number of aromatic nitrogens is 4. The van der Waals surface area contributed by atoms with E-state index in [-0.39, 0.29) is 0 Å². The summed E-state index contributed by atoms with van der Waals surface area (Å²) < 4.78 is 2.12. The number of hydrogen-bond donors (Lipinski definition) is 1. The number of rotatable bonds is 2. The fourth-order valence-electron chi connectivity index (χ4n) is 3.80. The Morgan fingerprint density at radius 1 is 1.18 bits per heavy atom. The molecule has 6 heteroatoms. The maximum atomic E-state index is 4.65. The first-order chi connectivity index (χ1) is 10.8. The average molecular weight is 300 g/mol. The third-order valence-electron chi connectivity index (χ3n) is 4.98. The summed E-state index contributed by atoms with van der Waals surface area (Å²) in [4.78, 5) is 11.5. The number of anilines is 1. The Labute approximate surface area is 130 Å². The molecule has 2 fully saturated rings. The van der Waals surface area contributed by atoms with E-state index in [4.69, 9.17) is 0 Å². The van der Waals surface area contributed by atoms with Gasteiger partial charge in [-0.2, -0.15) is 5.10 Å². The van der Waals surface area contributed by atoms with Gasteiger partial charge in [-0.15, -0.1) is 0 Å². The van der Waals surface area contributed by atoms with Crippen LogP contribution in [0.3, 0.4) is 0 Å². The highest BCUT2D eigenvalue weighted by molar-refractivity contribution is 5.86. The lowest BCUT2D eigenvalue weighted by Crippen LogP contribution is -2.35. The van der Waals surface area contributed by atoms with E-state index in [1.165, 1.54) is 12.8 Å². The smallest absolute Gasteiger partial charge is 0.163 e. The molecule has 2 aliphatic rings. The third-order valence-corrected chi connectivity index (χ3v) is 4.98. The molecule has 1 unspecified atom stereocenters. The number of piperidine rings is 2. The van der Waals surface area contributed by atoms with Crippen molar-refractivity contribution in [2.75, 3.05) is 31.1 Å².